The summed E-state index contributed by atoms with van der Waals surface area (Å²) in [6.45, 7) is 4.29. The van der Waals surface area contributed by atoms with Gasteiger partial charge in [-0.2, -0.15) is 0 Å². The van der Waals surface area contributed by atoms with Crippen LogP contribution >= 0.6 is 11.6 Å². The Hall–Kier alpha value is -1.31. The summed E-state index contributed by atoms with van der Waals surface area (Å²) in [5, 5.41) is 2.84. The number of hydrogen-bond donors (Lipinski definition) is 2. The fourth-order valence-corrected chi connectivity index (χ4v) is 2.95. The van der Waals surface area contributed by atoms with Gasteiger partial charge < -0.3 is 10.1 Å². The van der Waals surface area contributed by atoms with Crippen LogP contribution in [-0.4, -0.2) is 34.5 Å². The van der Waals surface area contributed by atoms with Crippen LogP contribution in [0.1, 0.15) is 20.3 Å². The summed E-state index contributed by atoms with van der Waals surface area (Å²) in [7, 11) is -2.36. The van der Waals surface area contributed by atoms with Crippen molar-refractivity contribution in [2.24, 2.45) is 5.92 Å². The normalized spacial score (nSPS) is 11.5. The molecular formula is C14H21ClN2O4S. The number of sulfonamides is 1. The van der Waals surface area contributed by atoms with Gasteiger partial charge in [0.2, 0.25) is 15.9 Å². The Morgan fingerprint density at radius 3 is 2.59 bits per heavy atom. The number of benzene rings is 1. The Labute approximate surface area is 136 Å². The van der Waals surface area contributed by atoms with Crippen LogP contribution in [0.5, 0.6) is 5.75 Å². The molecule has 2 N–H and O–H groups in total. The zero-order valence-corrected chi connectivity index (χ0v) is 14.4. The van der Waals surface area contributed by atoms with Crippen molar-refractivity contribution in [3.63, 3.8) is 0 Å². The summed E-state index contributed by atoms with van der Waals surface area (Å²) in [4.78, 5) is 11.6. The highest BCUT2D eigenvalue weighted by atomic mass is 35.5. The minimum atomic E-state index is -3.80. The molecule has 1 aromatic carbocycles. The van der Waals surface area contributed by atoms with Gasteiger partial charge in [-0.1, -0.05) is 25.4 Å². The highest BCUT2D eigenvalue weighted by molar-refractivity contribution is 7.89. The van der Waals surface area contributed by atoms with Crippen molar-refractivity contribution in [1.29, 1.82) is 0 Å². The van der Waals surface area contributed by atoms with Crippen LogP contribution in [0.25, 0.3) is 0 Å². The third kappa shape index (κ3) is 5.82. The number of methoxy groups -OCH3 is 1. The molecule has 1 aromatic rings. The molecule has 0 spiro atoms. The number of nitrogens with one attached hydrogen (secondary N) is 2. The molecule has 0 bridgehead atoms. The van der Waals surface area contributed by atoms with Crippen LogP contribution in [0, 0.1) is 5.92 Å². The third-order valence-electron chi connectivity index (χ3n) is 2.90. The van der Waals surface area contributed by atoms with Gasteiger partial charge in [0.1, 0.15) is 5.75 Å². The summed E-state index contributed by atoms with van der Waals surface area (Å²) in [5.41, 5.74) is 0. The van der Waals surface area contributed by atoms with Gasteiger partial charge in [0.25, 0.3) is 0 Å². The summed E-state index contributed by atoms with van der Waals surface area (Å²) >= 11 is 5.90. The lowest BCUT2D eigenvalue weighted by Crippen LogP contribution is -2.37. The van der Waals surface area contributed by atoms with Crippen molar-refractivity contribution in [3.8, 4) is 5.75 Å². The van der Waals surface area contributed by atoms with Crippen LogP contribution in [0.2, 0.25) is 5.02 Å². The van der Waals surface area contributed by atoms with Crippen molar-refractivity contribution in [3.05, 3.63) is 23.2 Å². The molecular weight excluding hydrogens is 328 g/mol. The fourth-order valence-electron chi connectivity index (χ4n) is 1.62. The molecule has 0 radical (unpaired) electrons. The van der Waals surface area contributed by atoms with E-state index in [-0.39, 0.29) is 22.4 Å². The maximum atomic E-state index is 12.1. The molecule has 0 aromatic heterocycles. The maximum absolute atomic E-state index is 12.1. The number of carbonyl (C=O) groups is 1. The monoisotopic (exact) mass is 348 g/mol. The number of amides is 1. The summed E-state index contributed by atoms with van der Waals surface area (Å²) < 4.78 is 31.4. The lowest BCUT2D eigenvalue weighted by molar-refractivity contribution is -0.119. The largest absolute Gasteiger partial charge is 0.495 e. The van der Waals surface area contributed by atoms with Gasteiger partial charge in [-0.3, -0.25) is 4.79 Å². The number of rotatable bonds is 8. The summed E-state index contributed by atoms with van der Waals surface area (Å²) in [6, 6.07) is 4.10. The molecule has 124 valence electrons. The average Bonchev–Trinajstić information content (AvgIpc) is 2.44. The van der Waals surface area contributed by atoms with E-state index < -0.39 is 10.0 Å². The van der Waals surface area contributed by atoms with Gasteiger partial charge in [-0.15, -0.1) is 0 Å². The van der Waals surface area contributed by atoms with Crippen LogP contribution in [0.15, 0.2) is 23.1 Å². The SMILES string of the molecule is COc1ccc(S(=O)(=O)NCC(=O)NCCC(C)C)cc1Cl. The second-order valence-corrected chi connectivity index (χ2v) is 7.33. The van der Waals surface area contributed by atoms with E-state index in [1.807, 2.05) is 13.8 Å². The lowest BCUT2D eigenvalue weighted by atomic mass is 10.1. The van der Waals surface area contributed by atoms with Crippen molar-refractivity contribution >= 4 is 27.5 Å². The Kier molecular flexibility index (Phi) is 7.12. The first-order valence-corrected chi connectivity index (χ1v) is 8.72. The maximum Gasteiger partial charge on any atom is 0.241 e. The molecule has 0 saturated heterocycles. The average molecular weight is 349 g/mol. The van der Waals surface area contributed by atoms with E-state index in [0.717, 1.165) is 6.42 Å². The molecule has 8 heteroatoms. The highest BCUT2D eigenvalue weighted by Gasteiger charge is 2.17. The first kappa shape index (κ1) is 18.7. The van der Waals surface area contributed by atoms with Crippen molar-refractivity contribution in [1.82, 2.24) is 10.0 Å². The first-order valence-electron chi connectivity index (χ1n) is 6.86. The van der Waals surface area contributed by atoms with Crippen LogP contribution in [-0.2, 0) is 14.8 Å². The number of ether oxygens (including phenoxy) is 1. The number of carbonyl (C=O) groups excluding carboxylic acids is 1. The zero-order valence-electron chi connectivity index (χ0n) is 12.8. The Morgan fingerprint density at radius 1 is 1.36 bits per heavy atom. The molecule has 1 amide bonds. The quantitative estimate of drug-likeness (QED) is 0.750. The molecule has 0 aliphatic carbocycles. The van der Waals surface area contributed by atoms with Gasteiger partial charge in [-0.05, 0) is 30.5 Å². The molecule has 6 nitrogen and oxygen atoms in total. The standard InChI is InChI=1S/C14H21ClN2O4S/c1-10(2)6-7-16-14(18)9-17-22(19,20)11-4-5-13(21-3)12(15)8-11/h4-5,8,10,17H,6-7,9H2,1-3H3,(H,16,18). The van der Waals surface area contributed by atoms with Gasteiger partial charge in [0.05, 0.1) is 23.6 Å². The molecule has 0 fully saturated rings. The Bertz CT molecular complexity index is 617. The van der Waals surface area contributed by atoms with Crippen molar-refractivity contribution < 1.29 is 17.9 Å². The van der Waals surface area contributed by atoms with Crippen molar-refractivity contribution in [2.45, 2.75) is 25.2 Å². The second-order valence-electron chi connectivity index (χ2n) is 5.15. The molecule has 0 heterocycles. The highest BCUT2D eigenvalue weighted by Crippen LogP contribution is 2.26. The van der Waals surface area contributed by atoms with Crippen LogP contribution < -0.4 is 14.8 Å². The molecule has 22 heavy (non-hydrogen) atoms. The smallest absolute Gasteiger partial charge is 0.241 e. The summed E-state index contributed by atoms with van der Waals surface area (Å²) in [6.07, 6.45) is 0.840. The number of hydrogen-bond acceptors (Lipinski definition) is 4. The minimum absolute atomic E-state index is 0.0201. The van der Waals surface area contributed by atoms with E-state index in [0.29, 0.717) is 18.2 Å². The molecule has 0 aliphatic heterocycles. The molecule has 0 saturated carbocycles. The summed E-state index contributed by atoms with van der Waals surface area (Å²) in [5.74, 6) is 0.481. The van der Waals surface area contributed by atoms with E-state index >= 15 is 0 Å². The molecule has 1 rings (SSSR count). The second kappa shape index (κ2) is 8.36. The lowest BCUT2D eigenvalue weighted by Gasteiger charge is -2.10. The van der Waals surface area contributed by atoms with E-state index in [1.165, 1.54) is 25.3 Å². The first-order chi connectivity index (χ1) is 10.3. The van der Waals surface area contributed by atoms with Crippen LogP contribution in [0.4, 0.5) is 0 Å². The van der Waals surface area contributed by atoms with E-state index in [2.05, 4.69) is 10.0 Å². The zero-order chi connectivity index (χ0) is 16.8. The molecule has 0 aliphatic rings. The third-order valence-corrected chi connectivity index (χ3v) is 4.59. The topological polar surface area (TPSA) is 84.5 Å². The van der Waals surface area contributed by atoms with Gasteiger partial charge in [-0.25, -0.2) is 13.1 Å². The Balaban J connectivity index is 2.60. The minimum Gasteiger partial charge on any atom is -0.495 e. The van der Waals surface area contributed by atoms with Gasteiger partial charge >= 0.3 is 0 Å². The van der Waals surface area contributed by atoms with Crippen LogP contribution in [0.3, 0.4) is 0 Å². The van der Waals surface area contributed by atoms with E-state index in [4.69, 9.17) is 16.3 Å². The van der Waals surface area contributed by atoms with E-state index in [1.54, 1.807) is 0 Å². The Morgan fingerprint density at radius 2 is 2.05 bits per heavy atom. The van der Waals surface area contributed by atoms with Crippen molar-refractivity contribution in [2.75, 3.05) is 20.2 Å². The predicted octanol–water partition coefficient (Wildman–Crippen LogP) is 1.79. The molecule has 0 atom stereocenters. The van der Waals surface area contributed by atoms with Gasteiger partial charge in [0.15, 0.2) is 0 Å². The number of halogens is 1. The predicted molar refractivity (Wildman–Crippen MR) is 85.7 cm³/mol. The molecule has 0 unspecified atom stereocenters. The van der Waals surface area contributed by atoms with Gasteiger partial charge in [0, 0.05) is 6.54 Å². The fraction of sp³-hybridized carbons (Fsp3) is 0.500. The van der Waals surface area contributed by atoms with E-state index in [9.17, 15) is 13.2 Å².